The maximum absolute atomic E-state index is 9.05. The second-order valence-electron chi connectivity index (χ2n) is 4.68. The number of rotatable bonds is 1. The SMILES string of the molecule is Cc1cc(C)c(C)c(-c2nc(C)c(C#N)s2)c1C. The van der Waals surface area contributed by atoms with Crippen LogP contribution in [0.15, 0.2) is 6.07 Å². The second kappa shape index (κ2) is 4.55. The molecule has 1 aromatic heterocycles. The third kappa shape index (κ3) is 1.93. The minimum atomic E-state index is 0.711. The Morgan fingerprint density at radius 2 is 1.61 bits per heavy atom. The van der Waals surface area contributed by atoms with Crippen molar-refractivity contribution in [3.05, 3.63) is 38.9 Å². The Kier molecular flexibility index (Phi) is 3.23. The number of nitrogens with zero attached hydrogens (tertiary/aromatic N) is 2. The molecule has 0 saturated heterocycles. The van der Waals surface area contributed by atoms with Gasteiger partial charge >= 0.3 is 0 Å². The number of aromatic nitrogens is 1. The molecule has 92 valence electrons. The molecule has 0 radical (unpaired) electrons. The fourth-order valence-electron chi connectivity index (χ4n) is 2.14. The molecule has 0 spiro atoms. The van der Waals surface area contributed by atoms with Gasteiger partial charge in [0.15, 0.2) is 0 Å². The van der Waals surface area contributed by atoms with Crippen molar-refractivity contribution < 1.29 is 0 Å². The first-order valence-electron chi connectivity index (χ1n) is 5.91. The lowest BCUT2D eigenvalue weighted by atomic mass is 9.95. The van der Waals surface area contributed by atoms with E-state index in [9.17, 15) is 0 Å². The van der Waals surface area contributed by atoms with Gasteiger partial charge in [-0.05, 0) is 56.9 Å². The van der Waals surface area contributed by atoms with Crippen LogP contribution in [0.3, 0.4) is 0 Å². The van der Waals surface area contributed by atoms with Gasteiger partial charge < -0.3 is 0 Å². The Hall–Kier alpha value is -1.66. The zero-order chi connectivity index (χ0) is 13.4. The topological polar surface area (TPSA) is 36.7 Å². The van der Waals surface area contributed by atoms with Crippen LogP contribution in [-0.4, -0.2) is 4.98 Å². The highest BCUT2D eigenvalue weighted by atomic mass is 32.1. The molecular weight excluding hydrogens is 240 g/mol. The smallest absolute Gasteiger partial charge is 0.128 e. The molecule has 2 nitrogen and oxygen atoms in total. The van der Waals surface area contributed by atoms with E-state index in [2.05, 4.69) is 44.8 Å². The van der Waals surface area contributed by atoms with Crippen molar-refractivity contribution in [2.45, 2.75) is 34.6 Å². The van der Waals surface area contributed by atoms with Gasteiger partial charge in [0.2, 0.25) is 0 Å². The fraction of sp³-hybridized carbons (Fsp3) is 0.333. The Morgan fingerprint density at radius 3 is 2.06 bits per heavy atom. The van der Waals surface area contributed by atoms with Gasteiger partial charge in [-0.25, -0.2) is 4.98 Å². The molecule has 0 fully saturated rings. The van der Waals surface area contributed by atoms with E-state index in [1.165, 1.54) is 39.2 Å². The second-order valence-corrected chi connectivity index (χ2v) is 5.68. The number of hydrogen-bond acceptors (Lipinski definition) is 3. The van der Waals surface area contributed by atoms with Crippen LogP contribution >= 0.6 is 11.3 Å². The summed E-state index contributed by atoms with van der Waals surface area (Å²) in [5.41, 5.74) is 7.10. The first kappa shape index (κ1) is 12.8. The molecule has 0 amide bonds. The summed E-state index contributed by atoms with van der Waals surface area (Å²) in [6.45, 7) is 10.4. The van der Waals surface area contributed by atoms with Gasteiger partial charge in [0, 0.05) is 5.56 Å². The van der Waals surface area contributed by atoms with Crippen molar-refractivity contribution in [1.82, 2.24) is 4.98 Å². The molecule has 2 aromatic rings. The average molecular weight is 256 g/mol. The summed E-state index contributed by atoms with van der Waals surface area (Å²) in [6.07, 6.45) is 0. The highest BCUT2D eigenvalue weighted by Gasteiger charge is 2.15. The Morgan fingerprint density at radius 1 is 1.06 bits per heavy atom. The summed E-state index contributed by atoms with van der Waals surface area (Å²) in [7, 11) is 0. The highest BCUT2D eigenvalue weighted by molar-refractivity contribution is 7.15. The van der Waals surface area contributed by atoms with Gasteiger partial charge in [-0.1, -0.05) is 6.07 Å². The maximum Gasteiger partial charge on any atom is 0.128 e. The van der Waals surface area contributed by atoms with E-state index in [1.54, 1.807) is 0 Å². The quantitative estimate of drug-likeness (QED) is 0.765. The lowest BCUT2D eigenvalue weighted by molar-refractivity contribution is 1.21. The molecule has 2 rings (SSSR count). The van der Waals surface area contributed by atoms with Crippen LogP contribution in [0.4, 0.5) is 0 Å². The van der Waals surface area contributed by atoms with Crippen LogP contribution in [0, 0.1) is 45.9 Å². The van der Waals surface area contributed by atoms with Gasteiger partial charge in [-0.2, -0.15) is 5.26 Å². The van der Waals surface area contributed by atoms with Crippen molar-refractivity contribution in [3.8, 4) is 16.6 Å². The molecule has 0 saturated carbocycles. The molecule has 1 aromatic carbocycles. The van der Waals surface area contributed by atoms with Crippen LogP contribution in [-0.2, 0) is 0 Å². The minimum Gasteiger partial charge on any atom is -0.240 e. The third-order valence-electron chi connectivity index (χ3n) is 3.48. The monoisotopic (exact) mass is 256 g/mol. The van der Waals surface area contributed by atoms with E-state index < -0.39 is 0 Å². The minimum absolute atomic E-state index is 0.711. The lowest BCUT2D eigenvalue weighted by Gasteiger charge is -2.13. The molecule has 0 unspecified atom stereocenters. The highest BCUT2D eigenvalue weighted by Crippen LogP contribution is 2.35. The van der Waals surface area contributed by atoms with Crippen LogP contribution in [0.1, 0.15) is 32.8 Å². The van der Waals surface area contributed by atoms with Gasteiger partial charge in [0.25, 0.3) is 0 Å². The number of nitriles is 1. The predicted molar refractivity (Wildman–Crippen MR) is 76.0 cm³/mol. The van der Waals surface area contributed by atoms with E-state index >= 15 is 0 Å². The number of benzene rings is 1. The van der Waals surface area contributed by atoms with Gasteiger partial charge in [0.1, 0.15) is 16.0 Å². The summed E-state index contributed by atoms with van der Waals surface area (Å²) < 4.78 is 0. The van der Waals surface area contributed by atoms with Crippen LogP contribution in [0.5, 0.6) is 0 Å². The first-order valence-corrected chi connectivity index (χ1v) is 6.72. The number of thiazole rings is 1. The Labute approximate surface area is 112 Å². The van der Waals surface area contributed by atoms with Crippen LogP contribution < -0.4 is 0 Å². The molecule has 0 aliphatic heterocycles. The van der Waals surface area contributed by atoms with Crippen LogP contribution in [0.2, 0.25) is 0 Å². The summed E-state index contributed by atoms with van der Waals surface area (Å²) in [4.78, 5) is 5.26. The number of aryl methyl sites for hydroxylation is 3. The van der Waals surface area contributed by atoms with Crippen molar-refractivity contribution in [1.29, 1.82) is 5.26 Å². The summed E-state index contributed by atoms with van der Waals surface area (Å²) in [6, 6.07) is 4.42. The molecule has 1 heterocycles. The summed E-state index contributed by atoms with van der Waals surface area (Å²) in [5, 5.41) is 10.0. The van der Waals surface area contributed by atoms with E-state index in [1.807, 2.05) is 6.92 Å². The first-order chi connectivity index (χ1) is 8.45. The lowest BCUT2D eigenvalue weighted by Crippen LogP contribution is -1.94. The van der Waals surface area contributed by atoms with Crippen molar-refractivity contribution in [3.63, 3.8) is 0 Å². The molecule has 0 bridgehead atoms. The van der Waals surface area contributed by atoms with E-state index in [0.29, 0.717) is 4.88 Å². The van der Waals surface area contributed by atoms with E-state index in [0.717, 1.165) is 10.7 Å². The fourth-order valence-corrected chi connectivity index (χ4v) is 3.17. The largest absolute Gasteiger partial charge is 0.240 e. The van der Waals surface area contributed by atoms with Crippen molar-refractivity contribution in [2.75, 3.05) is 0 Å². The predicted octanol–water partition coefficient (Wildman–Crippen LogP) is 4.22. The van der Waals surface area contributed by atoms with Crippen molar-refractivity contribution >= 4 is 11.3 Å². The van der Waals surface area contributed by atoms with Gasteiger partial charge in [0.05, 0.1) is 5.69 Å². The summed E-state index contributed by atoms with van der Waals surface area (Å²) >= 11 is 1.49. The van der Waals surface area contributed by atoms with Crippen LogP contribution in [0.25, 0.3) is 10.6 Å². The molecule has 3 heteroatoms. The molecular formula is C15H16N2S. The zero-order valence-electron chi connectivity index (χ0n) is 11.4. The molecule has 0 aliphatic carbocycles. The Balaban J connectivity index is 2.75. The molecule has 0 N–H and O–H groups in total. The summed E-state index contributed by atoms with van der Waals surface area (Å²) in [5.74, 6) is 0. The van der Waals surface area contributed by atoms with Gasteiger partial charge in [-0.3, -0.25) is 0 Å². The number of hydrogen-bond donors (Lipinski definition) is 0. The van der Waals surface area contributed by atoms with E-state index in [-0.39, 0.29) is 0 Å². The maximum atomic E-state index is 9.05. The standard InChI is InChI=1S/C15H16N2S/c1-8-6-9(2)11(4)14(10(8)3)15-17-12(5)13(7-16)18-15/h6H,1-5H3. The zero-order valence-corrected chi connectivity index (χ0v) is 12.2. The molecule has 0 aliphatic rings. The van der Waals surface area contributed by atoms with Gasteiger partial charge in [-0.15, -0.1) is 11.3 Å². The Bertz CT molecular complexity index is 634. The third-order valence-corrected chi connectivity index (χ3v) is 4.56. The average Bonchev–Trinajstić information content (AvgIpc) is 2.68. The van der Waals surface area contributed by atoms with Crippen molar-refractivity contribution in [2.24, 2.45) is 0 Å². The normalized spacial score (nSPS) is 10.4. The molecule has 0 atom stereocenters. The van der Waals surface area contributed by atoms with E-state index in [4.69, 9.17) is 5.26 Å². The molecule has 18 heavy (non-hydrogen) atoms.